The molecule has 0 spiro atoms. The van der Waals surface area contributed by atoms with Crippen LogP contribution in [0.15, 0.2) is 48.9 Å². The van der Waals surface area contributed by atoms with E-state index in [9.17, 15) is 9.59 Å². The molecule has 0 bridgehead atoms. The minimum Gasteiger partial charge on any atom is -0.382 e. The predicted molar refractivity (Wildman–Crippen MR) is 149 cm³/mol. The van der Waals surface area contributed by atoms with Crippen molar-refractivity contribution in [2.24, 2.45) is 0 Å². The number of carbonyl (C=O) groups is 2. The van der Waals surface area contributed by atoms with Crippen molar-refractivity contribution in [2.45, 2.75) is 51.5 Å². The van der Waals surface area contributed by atoms with Crippen LogP contribution in [0.1, 0.15) is 61.8 Å². The lowest BCUT2D eigenvalue weighted by molar-refractivity contribution is -0.132. The Morgan fingerprint density at radius 2 is 1.72 bits per heavy atom. The number of piperazine rings is 1. The van der Waals surface area contributed by atoms with Gasteiger partial charge in [0.2, 0.25) is 5.91 Å². The molecule has 3 aromatic heterocycles. The van der Waals surface area contributed by atoms with Crippen LogP contribution in [0.2, 0.25) is 0 Å². The minimum atomic E-state index is -0.0361. The average Bonchev–Trinajstić information content (AvgIpc) is 3.63. The number of carbonyl (C=O) groups excluding carboxylic acids is 2. The monoisotopic (exact) mass is 526 g/mol. The molecule has 1 saturated heterocycles. The molecule has 0 radical (unpaired) electrons. The number of nitrogens with two attached hydrogens (primary N) is 1. The molecular formula is C29H34N8O2. The van der Waals surface area contributed by atoms with Gasteiger partial charge < -0.3 is 15.5 Å². The smallest absolute Gasteiger partial charge is 0.253 e. The van der Waals surface area contributed by atoms with Gasteiger partial charge in [0.25, 0.3) is 5.91 Å². The van der Waals surface area contributed by atoms with E-state index in [1.165, 1.54) is 25.6 Å². The molecule has 202 valence electrons. The van der Waals surface area contributed by atoms with E-state index in [1.807, 2.05) is 57.8 Å². The van der Waals surface area contributed by atoms with E-state index < -0.39 is 0 Å². The van der Waals surface area contributed by atoms with E-state index in [0.717, 1.165) is 40.9 Å². The minimum absolute atomic E-state index is 0.0361. The number of hydrogen-bond donors (Lipinski definition) is 1. The summed E-state index contributed by atoms with van der Waals surface area (Å²) in [7, 11) is 0. The number of rotatable bonds is 5. The first kappa shape index (κ1) is 25.1. The van der Waals surface area contributed by atoms with Gasteiger partial charge in [-0.05, 0) is 37.1 Å². The number of anilines is 1. The van der Waals surface area contributed by atoms with Crippen LogP contribution in [0.3, 0.4) is 0 Å². The van der Waals surface area contributed by atoms with Crippen LogP contribution in [0.4, 0.5) is 5.82 Å². The van der Waals surface area contributed by atoms with Gasteiger partial charge in [-0.15, -0.1) is 0 Å². The second-order valence-electron chi connectivity index (χ2n) is 10.4. The zero-order valence-corrected chi connectivity index (χ0v) is 22.3. The summed E-state index contributed by atoms with van der Waals surface area (Å²) in [6.07, 6.45) is 9.71. The normalized spacial score (nSPS) is 16.6. The third kappa shape index (κ3) is 4.64. The first-order valence-corrected chi connectivity index (χ1v) is 13.9. The molecule has 2 aliphatic rings. The lowest BCUT2D eigenvalue weighted by Gasteiger charge is -2.34. The summed E-state index contributed by atoms with van der Waals surface area (Å²) in [5.41, 5.74) is 11.4. The molecule has 1 aromatic carbocycles. The first-order valence-electron chi connectivity index (χ1n) is 13.9. The van der Waals surface area contributed by atoms with E-state index in [4.69, 9.17) is 10.8 Å². The fourth-order valence-corrected chi connectivity index (χ4v) is 5.99. The Hall–Kier alpha value is -4.21. The van der Waals surface area contributed by atoms with E-state index in [1.54, 1.807) is 0 Å². The van der Waals surface area contributed by atoms with Crippen molar-refractivity contribution >= 4 is 23.1 Å². The Labute approximate surface area is 227 Å². The highest BCUT2D eigenvalue weighted by Gasteiger charge is 2.26. The maximum Gasteiger partial charge on any atom is 0.253 e. The number of amides is 2. The summed E-state index contributed by atoms with van der Waals surface area (Å²) >= 11 is 0. The van der Waals surface area contributed by atoms with Gasteiger partial charge in [0.05, 0.1) is 17.4 Å². The molecule has 1 aliphatic carbocycles. The Morgan fingerprint density at radius 3 is 2.49 bits per heavy atom. The van der Waals surface area contributed by atoms with Gasteiger partial charge in [-0.3, -0.25) is 14.3 Å². The summed E-state index contributed by atoms with van der Waals surface area (Å²) in [6.45, 7) is 4.06. The van der Waals surface area contributed by atoms with E-state index in [-0.39, 0.29) is 11.8 Å². The summed E-state index contributed by atoms with van der Waals surface area (Å²) in [5.74, 6) is 0.492. The maximum atomic E-state index is 13.4. The third-order valence-corrected chi connectivity index (χ3v) is 8.08. The van der Waals surface area contributed by atoms with Crippen LogP contribution in [-0.2, 0) is 4.79 Å². The van der Waals surface area contributed by atoms with Gasteiger partial charge in [-0.25, -0.2) is 9.50 Å². The zero-order chi connectivity index (χ0) is 26.9. The molecule has 1 aliphatic heterocycles. The number of aromatic nitrogens is 5. The average molecular weight is 527 g/mol. The summed E-state index contributed by atoms with van der Waals surface area (Å²) in [5, 5.41) is 9.25. The fraction of sp³-hybridized carbons (Fsp3) is 0.414. The van der Waals surface area contributed by atoms with Crippen LogP contribution < -0.4 is 5.73 Å². The molecular weight excluding hydrogens is 492 g/mol. The third-order valence-electron chi connectivity index (χ3n) is 8.08. The maximum absolute atomic E-state index is 13.4. The van der Waals surface area contributed by atoms with Crippen LogP contribution in [0.5, 0.6) is 0 Å². The van der Waals surface area contributed by atoms with Crippen LogP contribution in [-0.4, -0.2) is 72.2 Å². The topological polar surface area (TPSA) is 115 Å². The zero-order valence-electron chi connectivity index (χ0n) is 22.3. The number of nitrogen functional groups attached to an aromatic ring is 1. The van der Waals surface area contributed by atoms with Gasteiger partial charge >= 0.3 is 0 Å². The Kier molecular flexibility index (Phi) is 6.76. The Morgan fingerprint density at radius 1 is 0.949 bits per heavy atom. The summed E-state index contributed by atoms with van der Waals surface area (Å²) < 4.78 is 3.95. The lowest BCUT2D eigenvalue weighted by Crippen LogP contribution is -2.50. The Balaban J connectivity index is 1.35. The fourth-order valence-electron chi connectivity index (χ4n) is 5.99. The molecule has 1 saturated carbocycles. The van der Waals surface area contributed by atoms with Crippen LogP contribution in [0.25, 0.3) is 28.0 Å². The molecule has 6 rings (SSSR count). The molecule has 0 atom stereocenters. The molecule has 10 nitrogen and oxygen atoms in total. The van der Waals surface area contributed by atoms with Gasteiger partial charge in [0.1, 0.15) is 11.8 Å². The summed E-state index contributed by atoms with van der Waals surface area (Å²) in [4.78, 5) is 33.4. The van der Waals surface area contributed by atoms with Gasteiger partial charge in [-0.2, -0.15) is 10.2 Å². The second-order valence-corrected chi connectivity index (χ2v) is 10.4. The molecule has 2 fully saturated rings. The van der Waals surface area contributed by atoms with Crippen LogP contribution in [0, 0.1) is 0 Å². The van der Waals surface area contributed by atoms with E-state index in [0.29, 0.717) is 50.0 Å². The van der Waals surface area contributed by atoms with Crippen molar-refractivity contribution < 1.29 is 9.59 Å². The van der Waals surface area contributed by atoms with Crippen molar-refractivity contribution in [1.29, 1.82) is 0 Å². The number of fused-ring (bicyclic) bond motifs is 1. The highest BCUT2D eigenvalue weighted by Crippen LogP contribution is 2.38. The van der Waals surface area contributed by atoms with Crippen molar-refractivity contribution in [3.8, 4) is 22.5 Å². The van der Waals surface area contributed by atoms with Crippen molar-refractivity contribution in [1.82, 2.24) is 34.2 Å². The predicted octanol–water partition coefficient (Wildman–Crippen LogP) is 4.04. The van der Waals surface area contributed by atoms with E-state index >= 15 is 0 Å². The van der Waals surface area contributed by atoms with Crippen molar-refractivity contribution in [3.63, 3.8) is 0 Å². The Bertz CT molecular complexity index is 1510. The largest absolute Gasteiger partial charge is 0.382 e. The highest BCUT2D eigenvalue weighted by atomic mass is 16.2. The van der Waals surface area contributed by atoms with Crippen molar-refractivity contribution in [3.05, 3.63) is 54.5 Å². The highest BCUT2D eigenvalue weighted by molar-refractivity contribution is 5.96. The van der Waals surface area contributed by atoms with Crippen LogP contribution >= 0.6 is 0 Å². The molecule has 2 amide bonds. The first-order chi connectivity index (χ1) is 19.0. The standard InChI is InChI=1S/C29H34N8O2/c1-2-26(38)34-13-15-35(16-14-34)29(39)21-8-6-7-20(17-21)25-18-23(27-28(30)31-19-33-37(25)27)24-11-12-32-36(24)22-9-4-3-5-10-22/h6-8,11-12,17-19,22H,2-5,9-10,13-16H2,1H3,(H2,30,31,33). The number of hydrogen-bond acceptors (Lipinski definition) is 6. The van der Waals surface area contributed by atoms with E-state index in [2.05, 4.69) is 20.8 Å². The van der Waals surface area contributed by atoms with Gasteiger partial charge in [0.15, 0.2) is 5.82 Å². The molecule has 0 unspecified atom stereocenters. The molecule has 4 heterocycles. The molecule has 2 N–H and O–H groups in total. The summed E-state index contributed by atoms with van der Waals surface area (Å²) in [6, 6.07) is 12.1. The number of benzene rings is 1. The van der Waals surface area contributed by atoms with Gasteiger partial charge in [-0.1, -0.05) is 38.3 Å². The lowest BCUT2D eigenvalue weighted by atomic mass is 9.95. The molecule has 4 aromatic rings. The second kappa shape index (κ2) is 10.5. The SMILES string of the molecule is CCC(=O)N1CCN(C(=O)c2cccc(-c3cc(-c4ccnn4C4CCCCC4)c4c(N)ncnn34)c2)CC1. The van der Waals surface area contributed by atoms with Crippen molar-refractivity contribution in [2.75, 3.05) is 31.9 Å². The molecule has 39 heavy (non-hydrogen) atoms. The molecule has 10 heteroatoms. The van der Waals surface area contributed by atoms with Gasteiger partial charge in [0, 0.05) is 55.5 Å². The number of nitrogens with zero attached hydrogens (tertiary/aromatic N) is 7. The quantitative estimate of drug-likeness (QED) is 0.420.